The Labute approximate surface area is 190 Å². The van der Waals surface area contributed by atoms with E-state index < -0.39 is 0 Å². The second-order valence-electron chi connectivity index (χ2n) is 8.23. The van der Waals surface area contributed by atoms with Crippen molar-refractivity contribution in [2.75, 3.05) is 31.1 Å². The second kappa shape index (κ2) is 8.96. The molecular formula is C21H26N10O2. The average molecular weight is 451 g/mol. The fourth-order valence-corrected chi connectivity index (χ4v) is 4.18. The van der Waals surface area contributed by atoms with Gasteiger partial charge < -0.3 is 4.90 Å². The highest BCUT2D eigenvalue weighted by molar-refractivity contribution is 5.94. The van der Waals surface area contributed by atoms with E-state index in [1.165, 1.54) is 26.0 Å². The van der Waals surface area contributed by atoms with Crippen molar-refractivity contribution in [2.45, 2.75) is 39.2 Å². The Kier molecular flexibility index (Phi) is 5.71. The van der Waals surface area contributed by atoms with Crippen molar-refractivity contribution < 1.29 is 9.59 Å². The van der Waals surface area contributed by atoms with Crippen molar-refractivity contribution in [2.24, 2.45) is 0 Å². The minimum Gasteiger partial charge on any atom is -0.338 e. The van der Waals surface area contributed by atoms with Crippen LogP contribution in [0.15, 0.2) is 30.3 Å². The molecule has 33 heavy (non-hydrogen) atoms. The van der Waals surface area contributed by atoms with Gasteiger partial charge in [-0.05, 0) is 50.0 Å². The molecule has 1 aromatic carbocycles. The zero-order chi connectivity index (χ0) is 22.8. The van der Waals surface area contributed by atoms with E-state index in [1.807, 2.05) is 30.3 Å². The molecule has 3 aromatic rings. The molecule has 0 aliphatic carbocycles. The molecule has 2 aliphatic heterocycles. The minimum absolute atomic E-state index is 0.0830. The van der Waals surface area contributed by atoms with Gasteiger partial charge in [-0.1, -0.05) is 23.3 Å². The summed E-state index contributed by atoms with van der Waals surface area (Å²) in [6.07, 6.45) is 4.10. The number of aryl methyl sites for hydroxylation is 1. The number of carbonyl (C=O) groups is 2. The summed E-state index contributed by atoms with van der Waals surface area (Å²) in [5.41, 5.74) is 1.49. The minimum atomic E-state index is -0.346. The molecule has 0 spiro atoms. The van der Waals surface area contributed by atoms with Gasteiger partial charge in [-0.25, -0.2) is 10.0 Å². The van der Waals surface area contributed by atoms with Crippen LogP contribution in [0, 0.1) is 6.92 Å². The predicted molar refractivity (Wildman–Crippen MR) is 117 cm³/mol. The molecule has 12 nitrogen and oxygen atoms in total. The number of para-hydroxylation sites is 1. The van der Waals surface area contributed by atoms with E-state index in [4.69, 9.17) is 0 Å². The summed E-state index contributed by atoms with van der Waals surface area (Å²) in [7, 11) is 0. The molecule has 2 saturated heterocycles. The molecule has 2 aromatic heterocycles. The number of carbonyl (C=O) groups excluding carboxylic acids is 2. The number of nitrogens with zero attached hydrogens (tertiary/aromatic N) is 10. The van der Waals surface area contributed by atoms with E-state index in [9.17, 15) is 9.59 Å². The third-order valence-corrected chi connectivity index (χ3v) is 5.88. The maximum Gasteiger partial charge on any atom is 0.294 e. The maximum absolute atomic E-state index is 13.2. The van der Waals surface area contributed by atoms with Gasteiger partial charge in [0.2, 0.25) is 0 Å². The molecule has 0 unspecified atom stereocenters. The smallest absolute Gasteiger partial charge is 0.294 e. The van der Waals surface area contributed by atoms with Crippen LogP contribution in [0.25, 0.3) is 5.69 Å². The Morgan fingerprint density at radius 2 is 1.64 bits per heavy atom. The zero-order valence-electron chi connectivity index (χ0n) is 18.5. The predicted octanol–water partition coefficient (Wildman–Crippen LogP) is 0.842. The quantitative estimate of drug-likeness (QED) is 0.561. The molecule has 0 N–H and O–H groups in total. The number of hydrogen-bond donors (Lipinski definition) is 0. The molecule has 0 saturated carbocycles. The lowest BCUT2D eigenvalue weighted by molar-refractivity contribution is -0.141. The Hall–Kier alpha value is -3.83. The first-order chi connectivity index (χ1) is 16.1. The van der Waals surface area contributed by atoms with Crippen LogP contribution in [-0.2, 0) is 11.3 Å². The molecule has 0 radical (unpaired) electrons. The van der Waals surface area contributed by atoms with Crippen LogP contribution in [0.3, 0.4) is 0 Å². The summed E-state index contributed by atoms with van der Waals surface area (Å²) in [5, 5.41) is 24.2. The van der Waals surface area contributed by atoms with Crippen LogP contribution >= 0.6 is 0 Å². The van der Waals surface area contributed by atoms with Crippen LogP contribution in [0.4, 0.5) is 5.95 Å². The van der Waals surface area contributed by atoms with Gasteiger partial charge >= 0.3 is 0 Å². The lowest BCUT2D eigenvalue weighted by Gasteiger charge is -2.27. The van der Waals surface area contributed by atoms with Gasteiger partial charge in [-0.3, -0.25) is 9.59 Å². The third kappa shape index (κ3) is 4.28. The molecule has 2 amide bonds. The molecule has 172 valence electrons. The Morgan fingerprint density at radius 1 is 0.879 bits per heavy atom. The number of amides is 2. The first-order valence-corrected chi connectivity index (χ1v) is 11.2. The van der Waals surface area contributed by atoms with Crippen LogP contribution in [-0.4, -0.2) is 83.2 Å². The highest BCUT2D eigenvalue weighted by atomic mass is 16.2. The van der Waals surface area contributed by atoms with Gasteiger partial charge in [0, 0.05) is 26.2 Å². The number of benzene rings is 1. The van der Waals surface area contributed by atoms with Gasteiger partial charge in [-0.15, -0.1) is 10.2 Å². The number of piperidine rings is 1. The Balaban J connectivity index is 1.28. The van der Waals surface area contributed by atoms with Crippen molar-refractivity contribution in [1.29, 1.82) is 0 Å². The zero-order valence-corrected chi connectivity index (χ0v) is 18.5. The van der Waals surface area contributed by atoms with Gasteiger partial charge in [-0.2, -0.15) is 14.7 Å². The number of anilines is 1. The van der Waals surface area contributed by atoms with Crippen molar-refractivity contribution in [3.8, 4) is 5.69 Å². The molecule has 5 rings (SSSR count). The maximum atomic E-state index is 13.2. The van der Waals surface area contributed by atoms with Crippen LogP contribution in [0.1, 0.15) is 41.9 Å². The van der Waals surface area contributed by atoms with Crippen molar-refractivity contribution >= 4 is 17.8 Å². The normalized spacial score (nSPS) is 16.5. The lowest BCUT2D eigenvalue weighted by atomic mass is 10.1. The van der Waals surface area contributed by atoms with Crippen molar-refractivity contribution in [1.82, 2.24) is 45.2 Å². The largest absolute Gasteiger partial charge is 0.338 e. The van der Waals surface area contributed by atoms with Crippen molar-refractivity contribution in [3.05, 3.63) is 41.7 Å². The van der Waals surface area contributed by atoms with E-state index >= 15 is 0 Å². The highest BCUT2D eigenvalue weighted by Crippen LogP contribution is 2.18. The van der Waals surface area contributed by atoms with Gasteiger partial charge in [0.15, 0.2) is 5.69 Å². The van der Waals surface area contributed by atoms with E-state index in [1.54, 1.807) is 6.92 Å². The number of rotatable bonds is 5. The van der Waals surface area contributed by atoms with Gasteiger partial charge in [0.05, 0.1) is 11.4 Å². The van der Waals surface area contributed by atoms with Gasteiger partial charge in [0.1, 0.15) is 6.54 Å². The fraction of sp³-hybridized carbons (Fsp3) is 0.476. The average Bonchev–Trinajstić information content (AvgIpc) is 3.60. The molecule has 2 fully saturated rings. The third-order valence-electron chi connectivity index (χ3n) is 5.88. The molecule has 0 atom stereocenters. The first-order valence-electron chi connectivity index (χ1n) is 11.2. The SMILES string of the molecule is Cc1nn(-c2ccccc2)nc1C(=O)N1CCCN1C(=O)Cn1nnc(N2CCCCC2)n1. The first kappa shape index (κ1) is 21.0. The van der Waals surface area contributed by atoms with Crippen molar-refractivity contribution in [3.63, 3.8) is 0 Å². The molecule has 12 heteroatoms. The van der Waals surface area contributed by atoms with E-state index in [2.05, 4.69) is 30.5 Å². The Bertz CT molecular complexity index is 1140. The fourth-order valence-electron chi connectivity index (χ4n) is 4.18. The second-order valence-corrected chi connectivity index (χ2v) is 8.23. The number of aromatic nitrogens is 7. The molecule has 2 aliphatic rings. The van der Waals surface area contributed by atoms with Crippen LogP contribution in [0.2, 0.25) is 0 Å². The van der Waals surface area contributed by atoms with Gasteiger partial charge in [0.25, 0.3) is 17.8 Å². The Morgan fingerprint density at radius 3 is 2.42 bits per heavy atom. The highest BCUT2D eigenvalue weighted by Gasteiger charge is 2.34. The summed E-state index contributed by atoms with van der Waals surface area (Å²) < 4.78 is 0. The van der Waals surface area contributed by atoms with E-state index in [-0.39, 0.29) is 24.1 Å². The standard InChI is InChI=1S/C21H26N10O2/c1-16-19(24-31(23-16)17-9-4-2-5-10-17)20(33)29-14-8-13-28(29)18(32)15-30-25-21(22-26-30)27-11-6-3-7-12-27/h2,4-5,9-10H,3,6-8,11-15H2,1H3. The van der Waals surface area contributed by atoms with Crippen LogP contribution in [0.5, 0.6) is 0 Å². The molecule has 0 bridgehead atoms. The summed E-state index contributed by atoms with van der Waals surface area (Å²) in [4.78, 5) is 31.1. The molecular weight excluding hydrogens is 424 g/mol. The lowest BCUT2D eigenvalue weighted by Crippen LogP contribution is -2.46. The topological polar surface area (TPSA) is 118 Å². The number of tetrazole rings is 1. The van der Waals surface area contributed by atoms with Crippen LogP contribution < -0.4 is 4.90 Å². The number of hydrazine groups is 1. The summed E-state index contributed by atoms with van der Waals surface area (Å²) in [6, 6.07) is 9.39. The van der Waals surface area contributed by atoms with E-state index in [0.717, 1.165) is 31.6 Å². The monoisotopic (exact) mass is 450 g/mol. The summed E-state index contributed by atoms with van der Waals surface area (Å²) >= 11 is 0. The number of hydrogen-bond acceptors (Lipinski definition) is 8. The summed E-state index contributed by atoms with van der Waals surface area (Å²) in [5.74, 6) is -0.0670. The molecule has 4 heterocycles. The van der Waals surface area contributed by atoms with E-state index in [0.29, 0.717) is 31.2 Å². The summed E-state index contributed by atoms with van der Waals surface area (Å²) in [6.45, 7) is 4.34.